The van der Waals surface area contributed by atoms with Gasteiger partial charge >= 0.3 is 0 Å². The van der Waals surface area contributed by atoms with Crippen LogP contribution in [-0.2, 0) is 0 Å². The van der Waals surface area contributed by atoms with Crippen molar-refractivity contribution in [2.24, 2.45) is 0 Å². The monoisotopic (exact) mass is 135 g/mol. The van der Waals surface area contributed by atoms with Gasteiger partial charge in [-0.1, -0.05) is 36.5 Å². The minimum atomic E-state index is 1.06. The molecule has 0 saturated carbocycles. The minimum Gasteiger partial charge on any atom is -0.313 e. The molecule has 1 rings (SSSR count). The van der Waals surface area contributed by atoms with E-state index in [-0.39, 0.29) is 0 Å². The fourth-order valence-electron chi connectivity index (χ4n) is 0.999. The predicted octanol–water partition coefficient (Wildman–Crippen LogP) is 1.65. The maximum atomic E-state index is 3.59. The van der Waals surface area contributed by atoms with Gasteiger partial charge in [-0.15, -0.1) is 0 Å². The number of allylic oxidation sites excluding steroid dienone is 4. The number of hydrogen-bond donors (Lipinski definition) is 1. The summed E-state index contributed by atoms with van der Waals surface area (Å²) in [7, 11) is 0. The summed E-state index contributed by atoms with van der Waals surface area (Å²) >= 11 is 0. The highest BCUT2D eigenvalue weighted by Crippen LogP contribution is 2.04. The number of nitrogens with one attached hydrogen (secondary N) is 1. The molecule has 1 fully saturated rings. The highest BCUT2D eigenvalue weighted by Gasteiger charge is 2.02. The van der Waals surface area contributed by atoms with E-state index < -0.39 is 0 Å². The molecule has 10 heavy (non-hydrogen) atoms. The fourth-order valence-corrected chi connectivity index (χ4v) is 0.999. The van der Waals surface area contributed by atoms with E-state index >= 15 is 0 Å². The molecule has 0 aliphatic carbocycles. The van der Waals surface area contributed by atoms with Crippen molar-refractivity contribution >= 4 is 0 Å². The second-order valence-electron chi connectivity index (χ2n) is 2.37. The summed E-state index contributed by atoms with van der Waals surface area (Å²) in [6.45, 7) is 5.78. The van der Waals surface area contributed by atoms with Crippen molar-refractivity contribution in [2.45, 2.75) is 6.42 Å². The van der Waals surface area contributed by atoms with Crippen LogP contribution >= 0.6 is 0 Å². The average molecular weight is 135 g/mol. The van der Waals surface area contributed by atoms with Gasteiger partial charge in [-0.3, -0.25) is 0 Å². The Kier molecular flexibility index (Phi) is 2.97. The Hall–Kier alpha value is -0.820. The third-order valence-corrected chi connectivity index (χ3v) is 1.55. The Labute approximate surface area is 62.1 Å². The summed E-state index contributed by atoms with van der Waals surface area (Å²) in [5.41, 5.74) is 1.48. The van der Waals surface area contributed by atoms with Crippen LogP contribution in [0, 0.1) is 0 Å². The predicted molar refractivity (Wildman–Crippen MR) is 44.9 cm³/mol. The lowest BCUT2D eigenvalue weighted by Gasteiger charge is -1.87. The molecule has 0 bridgehead atoms. The van der Waals surface area contributed by atoms with E-state index in [0.29, 0.717) is 0 Å². The van der Waals surface area contributed by atoms with Crippen LogP contribution in [0.2, 0.25) is 0 Å². The molecule has 1 aliphatic rings. The van der Waals surface area contributed by atoms with Crippen molar-refractivity contribution < 1.29 is 0 Å². The molecule has 1 heteroatoms. The zero-order chi connectivity index (χ0) is 7.23. The molecule has 1 heterocycles. The lowest BCUT2D eigenvalue weighted by atomic mass is 10.2. The third kappa shape index (κ3) is 2.19. The maximum Gasteiger partial charge on any atom is 0.0168 e. The van der Waals surface area contributed by atoms with Gasteiger partial charge in [0.2, 0.25) is 0 Å². The van der Waals surface area contributed by atoms with Crippen LogP contribution in [0.15, 0.2) is 36.5 Å². The molecule has 1 nitrogen and oxygen atoms in total. The van der Waals surface area contributed by atoms with Gasteiger partial charge in [-0.25, -0.2) is 0 Å². The smallest absolute Gasteiger partial charge is 0.0168 e. The second kappa shape index (κ2) is 4.07. The molecule has 0 radical (unpaired) electrons. The van der Waals surface area contributed by atoms with Gasteiger partial charge in [0.05, 0.1) is 0 Å². The normalized spacial score (nSPS) is 22.6. The molecule has 0 aromatic carbocycles. The third-order valence-electron chi connectivity index (χ3n) is 1.55. The van der Waals surface area contributed by atoms with Gasteiger partial charge in [0, 0.05) is 6.54 Å². The molecule has 0 unspecified atom stereocenters. The summed E-state index contributed by atoms with van der Waals surface area (Å²) in [6, 6.07) is 0. The number of hydrogen-bond acceptors (Lipinski definition) is 1. The lowest BCUT2D eigenvalue weighted by molar-refractivity contribution is 0.862. The largest absolute Gasteiger partial charge is 0.313 e. The van der Waals surface area contributed by atoms with Crippen LogP contribution in [0.4, 0.5) is 0 Å². The Morgan fingerprint density at radius 2 is 2.30 bits per heavy atom. The van der Waals surface area contributed by atoms with E-state index in [9.17, 15) is 0 Å². The van der Waals surface area contributed by atoms with Crippen molar-refractivity contribution in [3.05, 3.63) is 36.5 Å². The molecular weight excluding hydrogens is 122 g/mol. The molecule has 0 atom stereocenters. The molecule has 1 saturated heterocycles. The molecule has 0 aromatic heterocycles. The quantitative estimate of drug-likeness (QED) is 0.568. The first-order valence-corrected chi connectivity index (χ1v) is 3.61. The standard InChI is InChI=1S/C9H13N/c1-2-3-4-5-9-6-7-10-8-9/h2-5,10H,1,6-8H2/b4-3-,9-5-. The van der Waals surface area contributed by atoms with Gasteiger partial charge < -0.3 is 5.32 Å². The van der Waals surface area contributed by atoms with Crippen molar-refractivity contribution in [3.63, 3.8) is 0 Å². The lowest BCUT2D eigenvalue weighted by Crippen LogP contribution is -2.04. The van der Waals surface area contributed by atoms with Crippen molar-refractivity contribution in [1.29, 1.82) is 0 Å². The zero-order valence-corrected chi connectivity index (χ0v) is 6.14. The SMILES string of the molecule is C=C/C=C\C=C1\CCNC1. The van der Waals surface area contributed by atoms with E-state index in [0.717, 1.165) is 13.1 Å². The summed E-state index contributed by atoms with van der Waals surface area (Å²) in [5.74, 6) is 0. The van der Waals surface area contributed by atoms with Crippen molar-refractivity contribution in [3.8, 4) is 0 Å². The van der Waals surface area contributed by atoms with Gasteiger partial charge in [0.1, 0.15) is 0 Å². The Bertz CT molecular complexity index is 158. The highest BCUT2D eigenvalue weighted by molar-refractivity contribution is 5.18. The molecule has 1 N–H and O–H groups in total. The zero-order valence-electron chi connectivity index (χ0n) is 6.14. The Morgan fingerprint density at radius 3 is 2.90 bits per heavy atom. The van der Waals surface area contributed by atoms with E-state index in [2.05, 4.69) is 18.0 Å². The van der Waals surface area contributed by atoms with Crippen LogP contribution in [0.25, 0.3) is 0 Å². The number of rotatable bonds is 2. The van der Waals surface area contributed by atoms with E-state index in [1.165, 1.54) is 12.0 Å². The molecule has 1 aliphatic heterocycles. The van der Waals surface area contributed by atoms with Gasteiger partial charge in [-0.05, 0) is 13.0 Å². The topological polar surface area (TPSA) is 12.0 Å². The molecule has 0 amide bonds. The average Bonchev–Trinajstić information content (AvgIpc) is 2.41. The summed E-state index contributed by atoms with van der Waals surface area (Å²) in [4.78, 5) is 0. The van der Waals surface area contributed by atoms with Gasteiger partial charge in [0.15, 0.2) is 0 Å². The first-order chi connectivity index (χ1) is 4.93. The second-order valence-corrected chi connectivity index (χ2v) is 2.37. The summed E-state index contributed by atoms with van der Waals surface area (Å²) < 4.78 is 0. The van der Waals surface area contributed by atoms with Crippen LogP contribution in [-0.4, -0.2) is 13.1 Å². The van der Waals surface area contributed by atoms with E-state index in [4.69, 9.17) is 0 Å². The first-order valence-electron chi connectivity index (χ1n) is 3.61. The van der Waals surface area contributed by atoms with Crippen LogP contribution in [0.3, 0.4) is 0 Å². The summed E-state index contributed by atoms with van der Waals surface area (Å²) in [5, 5.41) is 3.27. The van der Waals surface area contributed by atoms with Crippen LogP contribution in [0.1, 0.15) is 6.42 Å². The van der Waals surface area contributed by atoms with Crippen LogP contribution < -0.4 is 5.32 Å². The van der Waals surface area contributed by atoms with Crippen molar-refractivity contribution in [1.82, 2.24) is 5.32 Å². The summed E-state index contributed by atoms with van der Waals surface area (Å²) in [6.07, 6.45) is 9.13. The van der Waals surface area contributed by atoms with E-state index in [1.807, 2.05) is 12.2 Å². The first kappa shape index (κ1) is 7.29. The molecule has 0 aromatic rings. The fraction of sp³-hybridized carbons (Fsp3) is 0.333. The Balaban J connectivity index is 2.37. The van der Waals surface area contributed by atoms with Crippen LogP contribution in [0.5, 0.6) is 0 Å². The highest BCUT2D eigenvalue weighted by atomic mass is 14.9. The molecule has 0 spiro atoms. The van der Waals surface area contributed by atoms with Gasteiger partial charge in [-0.2, -0.15) is 0 Å². The van der Waals surface area contributed by atoms with Crippen molar-refractivity contribution in [2.75, 3.05) is 13.1 Å². The molecular formula is C9H13N. The minimum absolute atomic E-state index is 1.06. The Morgan fingerprint density at radius 1 is 1.40 bits per heavy atom. The van der Waals surface area contributed by atoms with E-state index in [1.54, 1.807) is 6.08 Å². The maximum absolute atomic E-state index is 3.59. The van der Waals surface area contributed by atoms with Gasteiger partial charge in [0.25, 0.3) is 0 Å². The molecule has 54 valence electrons.